The van der Waals surface area contributed by atoms with Crippen molar-refractivity contribution in [1.82, 2.24) is 5.32 Å². The number of hydrogen-bond donors (Lipinski definition) is 1. The smallest absolute Gasteiger partial charge is 0.437 e. The second-order valence-electron chi connectivity index (χ2n) is 4.07. The summed E-state index contributed by atoms with van der Waals surface area (Å²) in [5.74, 6) is 0.778. The molecular formula is C10H22LiN3. The number of nitrogens with one attached hydrogen (secondary N) is 1. The van der Waals surface area contributed by atoms with Gasteiger partial charge >= 0.3 is 18.9 Å². The molecule has 0 atom stereocenters. The second-order valence-corrected chi connectivity index (χ2v) is 4.07. The SMILES string of the molecule is CC(C)N=C([N-]C(C)C)NC(C)C.[Li+]. The molecule has 0 saturated carbocycles. The van der Waals surface area contributed by atoms with E-state index in [1.807, 2.05) is 0 Å². The van der Waals surface area contributed by atoms with E-state index < -0.39 is 0 Å². The molecule has 0 fully saturated rings. The standard InChI is InChI=1S/C10H22N3.Li/c1-7(2)11-10(12-8(3)4)13-9(5)6;/h7-9H,1-6H3,(H-,11,12,13);/q-1;+1. The normalized spacial score (nSPS) is 11.9. The average molecular weight is 191 g/mol. The van der Waals surface area contributed by atoms with E-state index in [9.17, 15) is 0 Å². The molecule has 0 aromatic carbocycles. The summed E-state index contributed by atoms with van der Waals surface area (Å²) in [6, 6.07) is 0.979. The summed E-state index contributed by atoms with van der Waals surface area (Å²) in [5, 5.41) is 7.62. The van der Waals surface area contributed by atoms with Gasteiger partial charge in [-0.2, -0.15) is 0 Å². The average Bonchev–Trinajstić information content (AvgIpc) is 1.80. The summed E-state index contributed by atoms with van der Waals surface area (Å²) in [5.41, 5.74) is 0. The van der Waals surface area contributed by atoms with Crippen molar-refractivity contribution in [3.8, 4) is 0 Å². The molecule has 0 spiro atoms. The van der Waals surface area contributed by atoms with Gasteiger partial charge in [0, 0.05) is 5.96 Å². The molecule has 1 N–H and O–H groups in total. The summed E-state index contributed by atoms with van der Waals surface area (Å²) < 4.78 is 0. The van der Waals surface area contributed by atoms with Gasteiger partial charge in [0.2, 0.25) is 0 Å². The second kappa shape index (κ2) is 8.20. The van der Waals surface area contributed by atoms with Gasteiger partial charge in [-0.15, -0.1) is 0 Å². The fraction of sp³-hybridized carbons (Fsp3) is 0.900. The minimum Gasteiger partial charge on any atom is -0.437 e. The van der Waals surface area contributed by atoms with Gasteiger partial charge in [-0.3, -0.25) is 0 Å². The van der Waals surface area contributed by atoms with Crippen LogP contribution in [0.3, 0.4) is 0 Å². The maximum Gasteiger partial charge on any atom is 1.00 e. The third kappa shape index (κ3) is 9.95. The van der Waals surface area contributed by atoms with Crippen molar-refractivity contribution in [2.75, 3.05) is 0 Å². The van der Waals surface area contributed by atoms with Gasteiger partial charge in [-0.1, -0.05) is 41.5 Å². The summed E-state index contributed by atoms with van der Waals surface area (Å²) in [6.07, 6.45) is 0. The van der Waals surface area contributed by atoms with Crippen molar-refractivity contribution >= 4 is 5.96 Å². The summed E-state index contributed by atoms with van der Waals surface area (Å²) in [4.78, 5) is 4.40. The van der Waals surface area contributed by atoms with E-state index in [1.54, 1.807) is 0 Å². The first-order valence-corrected chi connectivity index (χ1v) is 4.97. The Hall–Kier alpha value is -0.133. The van der Waals surface area contributed by atoms with E-state index in [-0.39, 0.29) is 18.9 Å². The molecule has 3 nitrogen and oxygen atoms in total. The molecule has 0 radical (unpaired) electrons. The van der Waals surface area contributed by atoms with Crippen LogP contribution in [0.15, 0.2) is 4.99 Å². The third-order valence-electron chi connectivity index (χ3n) is 1.18. The molecule has 78 valence electrons. The third-order valence-corrected chi connectivity index (χ3v) is 1.18. The van der Waals surface area contributed by atoms with Crippen molar-refractivity contribution in [3.05, 3.63) is 5.32 Å². The van der Waals surface area contributed by atoms with Crippen LogP contribution >= 0.6 is 0 Å². The molecule has 0 aromatic heterocycles. The fourth-order valence-corrected chi connectivity index (χ4v) is 0.855. The first kappa shape index (κ1) is 16.3. The Morgan fingerprint density at radius 2 is 1.57 bits per heavy atom. The van der Waals surface area contributed by atoms with Crippen LogP contribution in [0.2, 0.25) is 0 Å². The maximum atomic E-state index is 4.40. The van der Waals surface area contributed by atoms with Crippen molar-refractivity contribution in [3.63, 3.8) is 0 Å². The number of guanidine groups is 1. The number of nitrogens with zero attached hydrogens (tertiary/aromatic N) is 2. The summed E-state index contributed by atoms with van der Waals surface area (Å²) >= 11 is 0. The molecule has 0 aliphatic carbocycles. The van der Waals surface area contributed by atoms with Gasteiger partial charge in [0.25, 0.3) is 0 Å². The minimum absolute atomic E-state index is 0. The van der Waals surface area contributed by atoms with Crippen LogP contribution < -0.4 is 24.2 Å². The fourth-order valence-electron chi connectivity index (χ4n) is 0.855. The van der Waals surface area contributed by atoms with Gasteiger partial charge < -0.3 is 15.6 Å². The van der Waals surface area contributed by atoms with Gasteiger partial charge in [0.15, 0.2) is 0 Å². The molecule has 0 amide bonds. The van der Waals surface area contributed by atoms with Crippen molar-refractivity contribution < 1.29 is 18.9 Å². The van der Waals surface area contributed by atoms with E-state index >= 15 is 0 Å². The first-order chi connectivity index (χ1) is 5.91. The first-order valence-electron chi connectivity index (χ1n) is 4.97. The van der Waals surface area contributed by atoms with Crippen LogP contribution in [0.1, 0.15) is 41.5 Å². The molecular weight excluding hydrogens is 169 g/mol. The summed E-state index contributed by atoms with van der Waals surface area (Å²) in [7, 11) is 0. The zero-order chi connectivity index (χ0) is 10.4. The topological polar surface area (TPSA) is 38.5 Å². The largest absolute Gasteiger partial charge is 1.00 e. The Labute approximate surface area is 100 Å². The quantitative estimate of drug-likeness (QED) is 0.366. The Bertz CT molecular complexity index is 153. The van der Waals surface area contributed by atoms with Gasteiger partial charge in [-0.25, -0.2) is 0 Å². The maximum absolute atomic E-state index is 4.40. The molecule has 0 unspecified atom stereocenters. The minimum atomic E-state index is 0. The number of hydrogen-bond acceptors (Lipinski definition) is 1. The Morgan fingerprint density at radius 3 is 1.86 bits per heavy atom. The zero-order valence-corrected chi connectivity index (χ0v) is 10.6. The summed E-state index contributed by atoms with van der Waals surface area (Å²) in [6.45, 7) is 12.4. The van der Waals surface area contributed by atoms with Gasteiger partial charge in [0.05, 0.1) is 0 Å². The predicted molar refractivity (Wildman–Crippen MR) is 59.3 cm³/mol. The molecule has 14 heavy (non-hydrogen) atoms. The van der Waals surface area contributed by atoms with Crippen LogP contribution in [-0.4, -0.2) is 24.1 Å². The van der Waals surface area contributed by atoms with Crippen molar-refractivity contribution in [2.24, 2.45) is 4.99 Å². The van der Waals surface area contributed by atoms with E-state index in [0.29, 0.717) is 18.1 Å². The van der Waals surface area contributed by atoms with E-state index in [2.05, 4.69) is 57.2 Å². The molecule has 0 aromatic rings. The molecule has 4 heteroatoms. The van der Waals surface area contributed by atoms with Crippen LogP contribution in [-0.2, 0) is 0 Å². The molecule has 0 rings (SSSR count). The van der Waals surface area contributed by atoms with Crippen LogP contribution in [0.5, 0.6) is 0 Å². The molecule has 0 aliphatic heterocycles. The molecule has 0 heterocycles. The Morgan fingerprint density at radius 1 is 1.07 bits per heavy atom. The predicted octanol–water partition coefficient (Wildman–Crippen LogP) is -0.465. The van der Waals surface area contributed by atoms with Gasteiger partial charge in [-0.05, 0) is 18.1 Å². The molecule has 0 saturated heterocycles. The molecule has 0 bridgehead atoms. The van der Waals surface area contributed by atoms with E-state index in [1.165, 1.54) is 0 Å². The zero-order valence-electron chi connectivity index (χ0n) is 10.6. The Balaban J connectivity index is 0. The number of rotatable bonds is 3. The molecule has 0 aliphatic rings. The van der Waals surface area contributed by atoms with E-state index in [0.717, 1.165) is 5.96 Å². The van der Waals surface area contributed by atoms with E-state index in [4.69, 9.17) is 0 Å². The van der Waals surface area contributed by atoms with Crippen molar-refractivity contribution in [2.45, 2.75) is 59.7 Å². The van der Waals surface area contributed by atoms with Gasteiger partial charge in [0.1, 0.15) is 0 Å². The van der Waals surface area contributed by atoms with Crippen LogP contribution in [0.25, 0.3) is 5.32 Å². The van der Waals surface area contributed by atoms with Crippen molar-refractivity contribution in [1.29, 1.82) is 0 Å². The Kier molecular flexibility index (Phi) is 9.55. The number of aliphatic imine (C=N–C) groups is 1. The monoisotopic (exact) mass is 191 g/mol. The van der Waals surface area contributed by atoms with Crippen LogP contribution in [0.4, 0.5) is 0 Å². The van der Waals surface area contributed by atoms with Crippen LogP contribution in [0, 0.1) is 0 Å².